The Morgan fingerprint density at radius 1 is 0.730 bits per heavy atom. The summed E-state index contributed by atoms with van der Waals surface area (Å²) in [6, 6.07) is 26.4. The topological polar surface area (TPSA) is 94.4 Å². The number of nitrogens with one attached hydrogen (secondary N) is 1. The number of benzene rings is 3. The van der Waals surface area contributed by atoms with E-state index in [-0.39, 0.29) is 17.7 Å². The Morgan fingerprint density at radius 2 is 1.16 bits per heavy atom. The molecule has 0 saturated heterocycles. The van der Waals surface area contributed by atoms with Crippen molar-refractivity contribution in [1.82, 2.24) is 10.0 Å². The van der Waals surface area contributed by atoms with E-state index in [2.05, 4.69) is 15.5 Å². The van der Waals surface area contributed by atoms with Crippen LogP contribution >= 0.6 is 0 Å². The minimum atomic E-state index is -0.714. The first kappa shape index (κ1) is 24.1. The van der Waals surface area contributed by atoms with Crippen LogP contribution in [0, 0.1) is 11.8 Å². The highest BCUT2D eigenvalue weighted by Crippen LogP contribution is 2.43. The SMILES string of the molecule is CC(=O)Nc1ccc(C(C2C(=O)N(C)N=C2c2ccccc2)C2C(=O)N(C)N=C2c2ccccc2)cc1. The summed E-state index contributed by atoms with van der Waals surface area (Å²) in [5.74, 6) is -2.57. The van der Waals surface area contributed by atoms with Gasteiger partial charge in [-0.2, -0.15) is 10.2 Å². The fourth-order valence-corrected chi connectivity index (χ4v) is 5.09. The molecular formula is C29H27N5O3. The van der Waals surface area contributed by atoms with Gasteiger partial charge in [0.2, 0.25) is 5.91 Å². The smallest absolute Gasteiger partial charge is 0.252 e. The summed E-state index contributed by atoms with van der Waals surface area (Å²) in [6.45, 7) is 1.45. The molecule has 8 heteroatoms. The Hall–Kier alpha value is -4.59. The second-order valence-electron chi connectivity index (χ2n) is 9.21. The number of carbonyl (C=O) groups is 3. The maximum absolute atomic E-state index is 13.7. The quantitative estimate of drug-likeness (QED) is 0.567. The molecule has 2 heterocycles. The highest BCUT2D eigenvalue weighted by Gasteiger charge is 2.50. The molecule has 37 heavy (non-hydrogen) atoms. The summed E-state index contributed by atoms with van der Waals surface area (Å²) < 4.78 is 0. The van der Waals surface area contributed by atoms with Crippen LogP contribution in [0.2, 0.25) is 0 Å². The molecule has 3 amide bonds. The van der Waals surface area contributed by atoms with Gasteiger partial charge in [-0.1, -0.05) is 72.8 Å². The maximum Gasteiger partial charge on any atom is 0.252 e. The summed E-state index contributed by atoms with van der Waals surface area (Å²) in [5, 5.41) is 14.7. The fourth-order valence-electron chi connectivity index (χ4n) is 5.09. The van der Waals surface area contributed by atoms with Gasteiger partial charge in [-0.25, -0.2) is 10.0 Å². The van der Waals surface area contributed by atoms with Gasteiger partial charge in [-0.15, -0.1) is 0 Å². The molecule has 0 radical (unpaired) electrons. The number of rotatable bonds is 6. The Bertz CT molecular complexity index is 1320. The minimum absolute atomic E-state index is 0.179. The first-order valence-electron chi connectivity index (χ1n) is 12.1. The molecule has 2 atom stereocenters. The monoisotopic (exact) mass is 493 g/mol. The zero-order chi connectivity index (χ0) is 26.1. The van der Waals surface area contributed by atoms with Crippen molar-refractivity contribution >= 4 is 34.8 Å². The third-order valence-electron chi connectivity index (χ3n) is 6.75. The van der Waals surface area contributed by atoms with Gasteiger partial charge in [-0.05, 0) is 28.8 Å². The van der Waals surface area contributed by atoms with Gasteiger partial charge < -0.3 is 5.32 Å². The van der Waals surface area contributed by atoms with Crippen molar-refractivity contribution in [2.24, 2.45) is 22.0 Å². The molecule has 2 aliphatic rings. The van der Waals surface area contributed by atoms with Crippen molar-refractivity contribution in [3.63, 3.8) is 0 Å². The standard InChI is InChI=1S/C29H27N5O3/c1-18(35)30-22-16-14-19(15-17-22)23(24-26(31-33(2)28(24)36)20-10-6-4-7-11-20)25-27(32-34(3)29(25)37)21-12-8-5-9-13-21/h4-17,23-25H,1-3H3,(H,30,35). The van der Waals surface area contributed by atoms with Crippen LogP contribution in [0.25, 0.3) is 0 Å². The Morgan fingerprint density at radius 3 is 1.57 bits per heavy atom. The number of hydrogen-bond donors (Lipinski definition) is 1. The minimum Gasteiger partial charge on any atom is -0.326 e. The third-order valence-corrected chi connectivity index (χ3v) is 6.75. The number of carbonyl (C=O) groups excluding carboxylic acids is 3. The molecule has 5 rings (SSSR count). The summed E-state index contributed by atoms with van der Waals surface area (Å²) in [5.41, 5.74) is 4.28. The lowest BCUT2D eigenvalue weighted by molar-refractivity contribution is -0.133. The number of amides is 3. The van der Waals surface area contributed by atoms with E-state index < -0.39 is 17.8 Å². The molecule has 0 saturated carbocycles. The molecule has 1 N–H and O–H groups in total. The molecule has 3 aromatic rings. The molecule has 0 fully saturated rings. The lowest BCUT2D eigenvalue weighted by atomic mass is 9.70. The second-order valence-corrected chi connectivity index (χ2v) is 9.21. The molecule has 0 aliphatic carbocycles. The first-order valence-corrected chi connectivity index (χ1v) is 12.1. The van der Waals surface area contributed by atoms with Crippen molar-refractivity contribution < 1.29 is 14.4 Å². The van der Waals surface area contributed by atoms with E-state index in [1.807, 2.05) is 72.8 Å². The molecular weight excluding hydrogens is 466 g/mol. The van der Waals surface area contributed by atoms with Crippen LogP contribution in [0.3, 0.4) is 0 Å². The van der Waals surface area contributed by atoms with Gasteiger partial charge in [0.15, 0.2) is 0 Å². The molecule has 2 unspecified atom stereocenters. The number of hydrazone groups is 2. The largest absolute Gasteiger partial charge is 0.326 e. The van der Waals surface area contributed by atoms with Crippen molar-refractivity contribution in [1.29, 1.82) is 0 Å². The number of nitrogens with zero attached hydrogens (tertiary/aromatic N) is 4. The molecule has 0 spiro atoms. The average Bonchev–Trinajstić information content (AvgIpc) is 3.37. The maximum atomic E-state index is 13.7. The summed E-state index contributed by atoms with van der Waals surface area (Å²) in [6.07, 6.45) is 0. The number of anilines is 1. The van der Waals surface area contributed by atoms with E-state index in [0.717, 1.165) is 16.7 Å². The highest BCUT2D eigenvalue weighted by atomic mass is 16.2. The van der Waals surface area contributed by atoms with Gasteiger partial charge in [0.25, 0.3) is 11.8 Å². The van der Waals surface area contributed by atoms with Crippen molar-refractivity contribution in [2.45, 2.75) is 12.8 Å². The molecule has 8 nitrogen and oxygen atoms in total. The van der Waals surface area contributed by atoms with E-state index in [9.17, 15) is 14.4 Å². The lowest BCUT2D eigenvalue weighted by Gasteiger charge is -2.29. The second kappa shape index (κ2) is 9.81. The van der Waals surface area contributed by atoms with Crippen LogP contribution < -0.4 is 5.32 Å². The van der Waals surface area contributed by atoms with Gasteiger partial charge in [0, 0.05) is 32.6 Å². The predicted molar refractivity (Wildman–Crippen MR) is 142 cm³/mol. The molecule has 0 aromatic heterocycles. The van der Waals surface area contributed by atoms with Crippen LogP contribution in [0.1, 0.15) is 29.5 Å². The highest BCUT2D eigenvalue weighted by molar-refractivity contribution is 6.21. The molecule has 3 aromatic carbocycles. The number of hydrogen-bond acceptors (Lipinski definition) is 5. The Balaban J connectivity index is 1.67. The zero-order valence-corrected chi connectivity index (χ0v) is 20.8. The van der Waals surface area contributed by atoms with Crippen LogP contribution in [0.15, 0.2) is 95.1 Å². The third kappa shape index (κ3) is 4.53. The molecule has 2 aliphatic heterocycles. The van der Waals surface area contributed by atoms with E-state index in [4.69, 9.17) is 0 Å². The Kier molecular flexibility index (Phi) is 6.40. The summed E-state index contributed by atoms with van der Waals surface area (Å²) >= 11 is 0. The normalized spacial score (nSPS) is 20.1. The van der Waals surface area contributed by atoms with Crippen molar-refractivity contribution in [2.75, 3.05) is 19.4 Å². The van der Waals surface area contributed by atoms with E-state index in [0.29, 0.717) is 17.1 Å². The van der Waals surface area contributed by atoms with E-state index >= 15 is 0 Å². The van der Waals surface area contributed by atoms with Crippen LogP contribution in [0.5, 0.6) is 0 Å². The van der Waals surface area contributed by atoms with Crippen LogP contribution in [0.4, 0.5) is 5.69 Å². The Labute approximate surface area is 215 Å². The van der Waals surface area contributed by atoms with Gasteiger partial charge in [0.1, 0.15) is 0 Å². The predicted octanol–water partition coefficient (Wildman–Crippen LogP) is 3.71. The van der Waals surface area contributed by atoms with E-state index in [1.165, 1.54) is 16.9 Å². The van der Waals surface area contributed by atoms with Crippen LogP contribution in [-0.4, -0.2) is 53.3 Å². The molecule has 186 valence electrons. The zero-order valence-electron chi connectivity index (χ0n) is 20.8. The fraction of sp³-hybridized carbons (Fsp3) is 0.207. The summed E-state index contributed by atoms with van der Waals surface area (Å²) in [4.78, 5) is 39.0. The first-order chi connectivity index (χ1) is 17.8. The summed E-state index contributed by atoms with van der Waals surface area (Å²) in [7, 11) is 3.27. The van der Waals surface area contributed by atoms with E-state index in [1.54, 1.807) is 26.2 Å². The van der Waals surface area contributed by atoms with Crippen LogP contribution in [-0.2, 0) is 14.4 Å². The van der Waals surface area contributed by atoms with Gasteiger partial charge >= 0.3 is 0 Å². The van der Waals surface area contributed by atoms with Crippen molar-refractivity contribution in [3.8, 4) is 0 Å². The van der Waals surface area contributed by atoms with Crippen molar-refractivity contribution in [3.05, 3.63) is 102 Å². The van der Waals surface area contributed by atoms with Gasteiger partial charge in [0.05, 0.1) is 23.3 Å². The van der Waals surface area contributed by atoms with Gasteiger partial charge in [-0.3, -0.25) is 14.4 Å². The molecule has 0 bridgehead atoms. The lowest BCUT2D eigenvalue weighted by Crippen LogP contribution is -2.40. The average molecular weight is 494 g/mol.